The summed E-state index contributed by atoms with van der Waals surface area (Å²) in [6.45, 7) is 3.91. The van der Waals surface area contributed by atoms with Gasteiger partial charge >= 0.3 is 0 Å². The predicted octanol–water partition coefficient (Wildman–Crippen LogP) is 1.86. The zero-order valence-electron chi connectivity index (χ0n) is 10.5. The third kappa shape index (κ3) is 3.25. The van der Waals surface area contributed by atoms with Crippen LogP contribution >= 0.6 is 0 Å². The molecule has 0 bridgehead atoms. The first kappa shape index (κ1) is 12.5. The molecule has 1 aromatic rings. The minimum Gasteiger partial charge on any atom is -0.372 e. The van der Waals surface area contributed by atoms with Crippen molar-refractivity contribution in [3.8, 4) is 6.07 Å². The number of hydrogen-bond acceptors (Lipinski definition) is 3. The van der Waals surface area contributed by atoms with Crippen LogP contribution in [0.1, 0.15) is 11.1 Å². The standard InChI is InChI=1S/C13H19N3/c1-11-5-6-13(12(9-11)10-14)16(4)8-7-15(2)3/h5-6,9H,7-8H2,1-4H3. The lowest BCUT2D eigenvalue weighted by Gasteiger charge is -2.22. The first-order chi connectivity index (χ1) is 7.54. The average molecular weight is 217 g/mol. The second kappa shape index (κ2) is 5.53. The molecule has 0 aliphatic carbocycles. The van der Waals surface area contributed by atoms with Gasteiger partial charge in [0.2, 0.25) is 0 Å². The molecular formula is C13H19N3. The Labute approximate surface area is 97.9 Å². The van der Waals surface area contributed by atoms with E-state index in [9.17, 15) is 0 Å². The number of anilines is 1. The Morgan fingerprint density at radius 1 is 1.19 bits per heavy atom. The molecular weight excluding hydrogens is 198 g/mol. The molecule has 0 aliphatic heterocycles. The maximum Gasteiger partial charge on any atom is 0.101 e. The molecule has 1 rings (SSSR count). The van der Waals surface area contributed by atoms with Crippen LogP contribution in [-0.4, -0.2) is 39.1 Å². The van der Waals surface area contributed by atoms with E-state index in [0.29, 0.717) is 0 Å². The van der Waals surface area contributed by atoms with Crippen molar-refractivity contribution in [1.29, 1.82) is 5.26 Å². The molecule has 0 spiro atoms. The van der Waals surface area contributed by atoms with Crippen LogP contribution in [-0.2, 0) is 0 Å². The molecule has 0 amide bonds. The van der Waals surface area contributed by atoms with Gasteiger partial charge in [-0.3, -0.25) is 0 Å². The maximum atomic E-state index is 9.08. The van der Waals surface area contributed by atoms with Crippen molar-refractivity contribution in [1.82, 2.24) is 4.90 Å². The van der Waals surface area contributed by atoms with E-state index in [1.807, 2.05) is 46.3 Å². The van der Waals surface area contributed by atoms with Gasteiger partial charge in [0.15, 0.2) is 0 Å². The normalized spacial score (nSPS) is 10.2. The first-order valence-corrected chi connectivity index (χ1v) is 5.41. The maximum absolute atomic E-state index is 9.08. The summed E-state index contributed by atoms with van der Waals surface area (Å²) in [6, 6.07) is 8.24. The highest BCUT2D eigenvalue weighted by Crippen LogP contribution is 2.19. The van der Waals surface area contributed by atoms with E-state index in [0.717, 1.165) is 29.9 Å². The lowest BCUT2D eigenvalue weighted by Crippen LogP contribution is -2.28. The highest BCUT2D eigenvalue weighted by molar-refractivity contribution is 5.59. The molecule has 3 heteroatoms. The highest BCUT2D eigenvalue weighted by atomic mass is 15.2. The summed E-state index contributed by atoms with van der Waals surface area (Å²) in [5, 5.41) is 9.08. The van der Waals surface area contributed by atoms with Gasteiger partial charge in [0, 0.05) is 20.1 Å². The summed E-state index contributed by atoms with van der Waals surface area (Å²) in [6.07, 6.45) is 0. The van der Waals surface area contributed by atoms with Gasteiger partial charge in [-0.05, 0) is 38.7 Å². The number of benzene rings is 1. The Morgan fingerprint density at radius 2 is 1.88 bits per heavy atom. The molecule has 86 valence electrons. The molecule has 1 aromatic carbocycles. The van der Waals surface area contributed by atoms with Crippen LogP contribution in [0, 0.1) is 18.3 Å². The van der Waals surface area contributed by atoms with Crippen molar-refractivity contribution < 1.29 is 0 Å². The van der Waals surface area contributed by atoms with Gasteiger partial charge in [0.05, 0.1) is 11.3 Å². The van der Waals surface area contributed by atoms with Gasteiger partial charge < -0.3 is 9.80 Å². The second-order valence-corrected chi connectivity index (χ2v) is 4.36. The molecule has 0 aliphatic rings. The zero-order valence-corrected chi connectivity index (χ0v) is 10.5. The summed E-state index contributed by atoms with van der Waals surface area (Å²) >= 11 is 0. The van der Waals surface area contributed by atoms with Gasteiger partial charge in [-0.2, -0.15) is 5.26 Å². The fourth-order valence-electron chi connectivity index (χ4n) is 1.54. The third-order valence-corrected chi connectivity index (χ3v) is 2.57. The Balaban J connectivity index is 2.83. The fourth-order valence-corrected chi connectivity index (χ4v) is 1.54. The monoisotopic (exact) mass is 217 g/mol. The Morgan fingerprint density at radius 3 is 2.44 bits per heavy atom. The first-order valence-electron chi connectivity index (χ1n) is 5.41. The SMILES string of the molecule is Cc1ccc(N(C)CCN(C)C)c(C#N)c1. The lowest BCUT2D eigenvalue weighted by atomic mass is 10.1. The summed E-state index contributed by atoms with van der Waals surface area (Å²) in [5.41, 5.74) is 2.89. The molecule has 3 nitrogen and oxygen atoms in total. The molecule has 16 heavy (non-hydrogen) atoms. The molecule has 0 aromatic heterocycles. The summed E-state index contributed by atoms with van der Waals surface area (Å²) < 4.78 is 0. The van der Waals surface area contributed by atoms with Crippen molar-refractivity contribution in [3.05, 3.63) is 29.3 Å². The van der Waals surface area contributed by atoms with Crippen LogP contribution in [0.25, 0.3) is 0 Å². The van der Waals surface area contributed by atoms with Crippen LogP contribution < -0.4 is 4.90 Å². The van der Waals surface area contributed by atoms with E-state index < -0.39 is 0 Å². The molecule has 0 unspecified atom stereocenters. The minimum atomic E-state index is 0.751. The topological polar surface area (TPSA) is 30.3 Å². The van der Waals surface area contributed by atoms with Crippen molar-refractivity contribution in [2.45, 2.75) is 6.92 Å². The number of rotatable bonds is 4. The molecule has 0 saturated carbocycles. The minimum absolute atomic E-state index is 0.751. The Bertz CT molecular complexity index is 391. The summed E-state index contributed by atoms with van der Waals surface area (Å²) in [7, 11) is 6.12. The van der Waals surface area contributed by atoms with Crippen LogP contribution in [0.3, 0.4) is 0 Å². The largest absolute Gasteiger partial charge is 0.372 e. The summed E-state index contributed by atoms with van der Waals surface area (Å²) in [4.78, 5) is 4.26. The fraction of sp³-hybridized carbons (Fsp3) is 0.462. The molecule has 0 N–H and O–H groups in total. The van der Waals surface area contributed by atoms with Gasteiger partial charge in [-0.1, -0.05) is 6.07 Å². The van der Waals surface area contributed by atoms with E-state index in [1.54, 1.807) is 0 Å². The van der Waals surface area contributed by atoms with Crippen LogP contribution in [0.2, 0.25) is 0 Å². The molecule has 0 fully saturated rings. The smallest absolute Gasteiger partial charge is 0.101 e. The Kier molecular flexibility index (Phi) is 4.33. The lowest BCUT2D eigenvalue weighted by molar-refractivity contribution is 0.416. The molecule has 0 saturated heterocycles. The predicted molar refractivity (Wildman–Crippen MR) is 67.7 cm³/mol. The van der Waals surface area contributed by atoms with Crippen molar-refractivity contribution >= 4 is 5.69 Å². The summed E-state index contributed by atoms with van der Waals surface area (Å²) in [5.74, 6) is 0. The van der Waals surface area contributed by atoms with Gasteiger partial charge in [-0.25, -0.2) is 0 Å². The third-order valence-electron chi connectivity index (χ3n) is 2.57. The Hall–Kier alpha value is -1.53. The van der Waals surface area contributed by atoms with E-state index in [2.05, 4.69) is 15.9 Å². The molecule has 0 heterocycles. The van der Waals surface area contributed by atoms with Gasteiger partial charge in [0.1, 0.15) is 6.07 Å². The number of nitriles is 1. The number of aryl methyl sites for hydroxylation is 1. The van der Waals surface area contributed by atoms with Crippen LogP contribution in [0.5, 0.6) is 0 Å². The highest BCUT2D eigenvalue weighted by Gasteiger charge is 2.07. The zero-order chi connectivity index (χ0) is 12.1. The average Bonchev–Trinajstić information content (AvgIpc) is 2.25. The van der Waals surface area contributed by atoms with E-state index in [4.69, 9.17) is 5.26 Å². The quantitative estimate of drug-likeness (QED) is 0.771. The van der Waals surface area contributed by atoms with Crippen molar-refractivity contribution in [3.63, 3.8) is 0 Å². The van der Waals surface area contributed by atoms with Crippen LogP contribution in [0.4, 0.5) is 5.69 Å². The van der Waals surface area contributed by atoms with E-state index >= 15 is 0 Å². The number of likely N-dealkylation sites (N-methyl/N-ethyl adjacent to an activating group) is 2. The number of hydrogen-bond donors (Lipinski definition) is 0. The molecule has 0 atom stereocenters. The van der Waals surface area contributed by atoms with Crippen LogP contribution in [0.15, 0.2) is 18.2 Å². The van der Waals surface area contributed by atoms with Gasteiger partial charge in [-0.15, -0.1) is 0 Å². The second-order valence-electron chi connectivity index (χ2n) is 4.36. The van der Waals surface area contributed by atoms with E-state index in [1.165, 1.54) is 0 Å². The van der Waals surface area contributed by atoms with Gasteiger partial charge in [0.25, 0.3) is 0 Å². The number of nitrogens with zero attached hydrogens (tertiary/aromatic N) is 3. The van der Waals surface area contributed by atoms with Crippen molar-refractivity contribution in [2.24, 2.45) is 0 Å². The van der Waals surface area contributed by atoms with Crippen molar-refractivity contribution in [2.75, 3.05) is 39.1 Å². The van der Waals surface area contributed by atoms with E-state index in [-0.39, 0.29) is 0 Å². The molecule has 0 radical (unpaired) electrons.